The maximum absolute atomic E-state index is 12.4. The molecule has 21 heavy (non-hydrogen) atoms. The molecule has 1 heterocycles. The van der Waals surface area contributed by atoms with Crippen LogP contribution in [0.25, 0.3) is 0 Å². The second-order valence-corrected chi connectivity index (χ2v) is 5.89. The molecular formula is C15H15BrClN3O. The highest BCUT2D eigenvalue weighted by atomic mass is 79.9. The fourth-order valence-electron chi connectivity index (χ4n) is 1.85. The molecule has 6 heteroatoms. The number of aromatic nitrogens is 1. The maximum Gasteiger partial charge on any atom is 0.274 e. The Kier molecular flexibility index (Phi) is 5.20. The number of anilines is 1. The minimum Gasteiger partial charge on any atom is -0.373 e. The van der Waals surface area contributed by atoms with Gasteiger partial charge >= 0.3 is 0 Å². The van der Waals surface area contributed by atoms with Crippen LogP contribution in [0.1, 0.15) is 16.1 Å². The maximum atomic E-state index is 12.4. The van der Waals surface area contributed by atoms with E-state index >= 15 is 0 Å². The van der Waals surface area contributed by atoms with Gasteiger partial charge in [0, 0.05) is 25.1 Å². The molecule has 1 N–H and O–H groups in total. The summed E-state index contributed by atoms with van der Waals surface area (Å²) in [4.78, 5) is 18.3. The molecule has 4 nitrogen and oxygen atoms in total. The van der Waals surface area contributed by atoms with Gasteiger partial charge in [-0.25, -0.2) is 4.98 Å². The molecule has 0 saturated carbocycles. The van der Waals surface area contributed by atoms with E-state index in [0.717, 1.165) is 10.0 Å². The number of nitrogens with zero attached hydrogens (tertiary/aromatic N) is 2. The lowest BCUT2D eigenvalue weighted by molar-refractivity contribution is 0.0779. The number of benzene rings is 1. The normalized spacial score (nSPS) is 10.3. The highest BCUT2D eigenvalue weighted by molar-refractivity contribution is 9.10. The number of amides is 1. The van der Waals surface area contributed by atoms with Crippen LogP contribution in [0.5, 0.6) is 0 Å². The molecule has 0 fully saturated rings. The minimum atomic E-state index is -0.208. The Bertz CT molecular complexity index is 646. The van der Waals surface area contributed by atoms with Crippen LogP contribution in [0.15, 0.2) is 40.9 Å². The Morgan fingerprint density at radius 1 is 1.29 bits per heavy atom. The summed E-state index contributed by atoms with van der Waals surface area (Å²) < 4.78 is 1.01. The zero-order chi connectivity index (χ0) is 15.4. The first-order chi connectivity index (χ1) is 10.0. The third-order valence-corrected chi connectivity index (χ3v) is 3.82. The molecule has 0 saturated heterocycles. The van der Waals surface area contributed by atoms with Crippen LogP contribution < -0.4 is 5.32 Å². The van der Waals surface area contributed by atoms with Crippen molar-refractivity contribution in [1.82, 2.24) is 9.88 Å². The smallest absolute Gasteiger partial charge is 0.274 e. The van der Waals surface area contributed by atoms with Crippen molar-refractivity contribution in [2.24, 2.45) is 0 Å². The quantitative estimate of drug-likeness (QED) is 0.892. The average molecular weight is 369 g/mol. The summed E-state index contributed by atoms with van der Waals surface area (Å²) in [6.45, 7) is 0.494. The summed E-state index contributed by atoms with van der Waals surface area (Å²) in [7, 11) is 3.48. The van der Waals surface area contributed by atoms with Crippen LogP contribution in [0.4, 0.5) is 5.82 Å². The summed E-state index contributed by atoms with van der Waals surface area (Å²) in [6.07, 6.45) is 0. The number of carbonyl (C=O) groups is 1. The molecule has 1 aromatic heterocycles. The van der Waals surface area contributed by atoms with Crippen molar-refractivity contribution in [3.8, 4) is 0 Å². The summed E-state index contributed by atoms with van der Waals surface area (Å²) in [5.74, 6) is 0.403. The fraction of sp³-hybridized carbons (Fsp3) is 0.200. The van der Waals surface area contributed by atoms with Gasteiger partial charge in [-0.1, -0.05) is 39.7 Å². The minimum absolute atomic E-state index is 0.208. The van der Waals surface area contributed by atoms with Gasteiger partial charge in [0.15, 0.2) is 0 Å². The molecule has 0 aliphatic carbocycles. The number of nitrogens with one attached hydrogen (secondary N) is 1. The summed E-state index contributed by atoms with van der Waals surface area (Å²) in [5.41, 5.74) is 1.29. The van der Waals surface area contributed by atoms with Gasteiger partial charge in [0.25, 0.3) is 5.91 Å². The first kappa shape index (κ1) is 15.8. The van der Waals surface area contributed by atoms with E-state index in [4.69, 9.17) is 11.6 Å². The van der Waals surface area contributed by atoms with Gasteiger partial charge in [0.1, 0.15) is 11.5 Å². The Hall–Kier alpha value is -1.59. The predicted octanol–water partition coefficient (Wildman–Crippen LogP) is 3.81. The molecule has 0 atom stereocenters. The van der Waals surface area contributed by atoms with Crippen molar-refractivity contribution in [3.05, 3.63) is 57.2 Å². The van der Waals surface area contributed by atoms with Crippen LogP contribution in [-0.4, -0.2) is 29.9 Å². The van der Waals surface area contributed by atoms with E-state index in [1.807, 2.05) is 24.3 Å². The van der Waals surface area contributed by atoms with Crippen LogP contribution in [0.2, 0.25) is 5.02 Å². The van der Waals surface area contributed by atoms with Crippen molar-refractivity contribution in [2.75, 3.05) is 19.4 Å². The molecule has 1 aromatic carbocycles. The van der Waals surface area contributed by atoms with Gasteiger partial charge in [-0.05, 0) is 29.8 Å². The number of hydrogen-bond donors (Lipinski definition) is 1. The van der Waals surface area contributed by atoms with E-state index in [2.05, 4.69) is 26.2 Å². The highest BCUT2D eigenvalue weighted by Gasteiger charge is 2.17. The highest BCUT2D eigenvalue weighted by Crippen LogP contribution is 2.19. The molecule has 110 valence electrons. The van der Waals surface area contributed by atoms with Gasteiger partial charge in [0.2, 0.25) is 0 Å². The molecule has 0 radical (unpaired) electrons. The summed E-state index contributed by atoms with van der Waals surface area (Å²) in [5, 5.41) is 3.25. The average Bonchev–Trinajstić information content (AvgIpc) is 2.49. The Labute approximate surface area is 137 Å². The van der Waals surface area contributed by atoms with Gasteiger partial charge in [-0.2, -0.15) is 0 Å². The second-order valence-electron chi connectivity index (χ2n) is 4.56. The molecule has 2 aromatic rings. The van der Waals surface area contributed by atoms with Crippen molar-refractivity contribution in [3.63, 3.8) is 0 Å². The van der Waals surface area contributed by atoms with Gasteiger partial charge < -0.3 is 10.2 Å². The zero-order valence-corrected chi connectivity index (χ0v) is 14.1. The fourth-order valence-corrected chi connectivity index (χ4v) is 2.30. The van der Waals surface area contributed by atoms with Crippen LogP contribution in [0.3, 0.4) is 0 Å². The molecule has 1 amide bonds. The third kappa shape index (κ3) is 3.95. The summed E-state index contributed by atoms with van der Waals surface area (Å²) in [6, 6.07) is 11.2. The molecule has 0 unspecified atom stereocenters. The lowest BCUT2D eigenvalue weighted by Crippen LogP contribution is -2.27. The first-order valence-corrected chi connectivity index (χ1v) is 7.52. The Morgan fingerprint density at radius 2 is 1.95 bits per heavy atom. The number of pyridine rings is 1. The number of carbonyl (C=O) groups excluding carboxylic acids is 1. The molecule has 2 rings (SSSR count). The van der Waals surface area contributed by atoms with Crippen molar-refractivity contribution < 1.29 is 4.79 Å². The predicted molar refractivity (Wildman–Crippen MR) is 88.7 cm³/mol. The third-order valence-electron chi connectivity index (χ3n) is 2.98. The van der Waals surface area contributed by atoms with E-state index in [1.165, 1.54) is 0 Å². The van der Waals surface area contributed by atoms with E-state index in [9.17, 15) is 4.79 Å². The van der Waals surface area contributed by atoms with E-state index in [1.54, 1.807) is 31.1 Å². The lowest BCUT2D eigenvalue weighted by Gasteiger charge is -2.18. The number of rotatable bonds is 4. The van der Waals surface area contributed by atoms with E-state index in [0.29, 0.717) is 17.4 Å². The summed E-state index contributed by atoms with van der Waals surface area (Å²) >= 11 is 9.46. The van der Waals surface area contributed by atoms with Crippen molar-refractivity contribution >= 4 is 39.3 Å². The SMILES string of the molecule is CNc1ccc(Cl)c(C(=O)N(C)Cc2ccc(Br)cc2)n1. The standard InChI is InChI=1S/C15H15BrClN3O/c1-18-13-8-7-12(17)14(19-13)15(21)20(2)9-10-3-5-11(16)6-4-10/h3-8H,9H2,1-2H3,(H,18,19). The molecular weight excluding hydrogens is 354 g/mol. The molecule has 0 aliphatic heterocycles. The number of halogens is 2. The topological polar surface area (TPSA) is 45.2 Å². The largest absolute Gasteiger partial charge is 0.373 e. The zero-order valence-electron chi connectivity index (χ0n) is 11.7. The molecule has 0 spiro atoms. The molecule has 0 aliphatic rings. The lowest BCUT2D eigenvalue weighted by atomic mass is 10.2. The van der Waals surface area contributed by atoms with Gasteiger partial charge in [0.05, 0.1) is 5.02 Å². The van der Waals surface area contributed by atoms with E-state index < -0.39 is 0 Å². The van der Waals surface area contributed by atoms with Crippen LogP contribution in [0, 0.1) is 0 Å². The second kappa shape index (κ2) is 6.91. The first-order valence-electron chi connectivity index (χ1n) is 6.35. The van der Waals surface area contributed by atoms with Gasteiger partial charge in [-0.15, -0.1) is 0 Å². The Balaban J connectivity index is 2.17. The van der Waals surface area contributed by atoms with Crippen LogP contribution in [-0.2, 0) is 6.54 Å². The van der Waals surface area contributed by atoms with Crippen LogP contribution >= 0.6 is 27.5 Å². The van der Waals surface area contributed by atoms with E-state index in [-0.39, 0.29) is 11.6 Å². The number of hydrogen-bond acceptors (Lipinski definition) is 3. The Morgan fingerprint density at radius 3 is 2.57 bits per heavy atom. The van der Waals surface area contributed by atoms with Crippen molar-refractivity contribution in [2.45, 2.75) is 6.54 Å². The van der Waals surface area contributed by atoms with Crippen molar-refractivity contribution in [1.29, 1.82) is 0 Å². The monoisotopic (exact) mass is 367 g/mol. The molecule has 0 bridgehead atoms. The van der Waals surface area contributed by atoms with Gasteiger partial charge in [-0.3, -0.25) is 4.79 Å².